The summed E-state index contributed by atoms with van der Waals surface area (Å²) in [5.74, 6) is 2.04. The Kier molecular flexibility index (Phi) is 4.46. The Labute approximate surface area is 172 Å². The van der Waals surface area contributed by atoms with Crippen LogP contribution < -0.4 is 9.80 Å². The second-order valence-corrected chi connectivity index (χ2v) is 8.88. The second-order valence-electron chi connectivity index (χ2n) is 7.86. The molecule has 0 unspecified atom stereocenters. The molecule has 8 nitrogen and oxygen atoms in total. The highest BCUT2D eigenvalue weighted by Gasteiger charge is 2.27. The topological polar surface area (TPSA) is 76.5 Å². The number of rotatable bonds is 2. The average Bonchev–Trinajstić information content (AvgIpc) is 3.20. The highest BCUT2D eigenvalue weighted by molar-refractivity contribution is 7.26. The molecule has 1 aliphatic carbocycles. The van der Waals surface area contributed by atoms with Crippen molar-refractivity contribution < 1.29 is 9.47 Å². The van der Waals surface area contributed by atoms with Gasteiger partial charge >= 0.3 is 0 Å². The summed E-state index contributed by atoms with van der Waals surface area (Å²) in [6.45, 7) is 6.42. The lowest BCUT2D eigenvalue weighted by Crippen LogP contribution is -2.37. The van der Waals surface area contributed by atoms with Crippen molar-refractivity contribution in [3.8, 4) is 0 Å². The van der Waals surface area contributed by atoms with E-state index in [4.69, 9.17) is 14.5 Å². The van der Waals surface area contributed by atoms with Crippen molar-refractivity contribution in [2.75, 3.05) is 62.4 Å². The molecule has 5 heterocycles. The minimum Gasteiger partial charge on any atom is -0.378 e. The molecule has 0 amide bonds. The highest BCUT2D eigenvalue weighted by atomic mass is 32.1. The number of thiophene rings is 1. The average molecular weight is 413 g/mol. The number of hydrogen-bond acceptors (Lipinski definition) is 9. The Bertz CT molecular complexity index is 1060. The van der Waals surface area contributed by atoms with Gasteiger partial charge in [0.25, 0.3) is 0 Å². The molecule has 0 atom stereocenters. The minimum atomic E-state index is 0.729. The largest absolute Gasteiger partial charge is 0.378 e. The minimum absolute atomic E-state index is 0.729. The molecule has 2 saturated heterocycles. The van der Waals surface area contributed by atoms with Gasteiger partial charge in [0.2, 0.25) is 0 Å². The highest BCUT2D eigenvalue weighted by Crippen LogP contribution is 2.44. The summed E-state index contributed by atoms with van der Waals surface area (Å²) in [4.78, 5) is 9.84. The van der Waals surface area contributed by atoms with E-state index in [0.717, 1.165) is 87.3 Å². The molecule has 2 aliphatic heterocycles. The van der Waals surface area contributed by atoms with Crippen molar-refractivity contribution in [3.05, 3.63) is 11.3 Å². The third-order valence-electron chi connectivity index (χ3n) is 6.18. The van der Waals surface area contributed by atoms with Gasteiger partial charge in [-0.15, -0.1) is 21.5 Å². The lowest BCUT2D eigenvalue weighted by molar-refractivity contribution is 0.122. The number of pyridine rings is 1. The summed E-state index contributed by atoms with van der Waals surface area (Å²) in [6.07, 6.45) is 4.55. The predicted octanol–water partition coefficient (Wildman–Crippen LogP) is 2.19. The molecule has 0 radical (unpaired) electrons. The fourth-order valence-electron chi connectivity index (χ4n) is 4.69. The SMILES string of the molecule is C1CCc2c(nc(N3CCOCC3)c3sc4c(N5CCOCC5)nnnc4c23)C1. The Hall–Kier alpha value is -2.10. The fraction of sp³-hybridized carbons (Fsp3) is 0.600. The van der Waals surface area contributed by atoms with Gasteiger partial charge in [-0.05, 0) is 36.5 Å². The van der Waals surface area contributed by atoms with Gasteiger partial charge in [0.05, 0.1) is 31.1 Å². The normalized spacial score (nSPS) is 20.4. The Balaban J connectivity index is 1.60. The van der Waals surface area contributed by atoms with Crippen LogP contribution in [0.1, 0.15) is 24.1 Å². The van der Waals surface area contributed by atoms with Crippen LogP contribution in [0.3, 0.4) is 0 Å². The number of hydrogen-bond donors (Lipinski definition) is 0. The van der Waals surface area contributed by atoms with Crippen LogP contribution in [0.25, 0.3) is 20.3 Å². The molecule has 3 aromatic heterocycles. The number of anilines is 2. The molecule has 2 fully saturated rings. The number of morpholine rings is 2. The zero-order valence-corrected chi connectivity index (χ0v) is 17.2. The van der Waals surface area contributed by atoms with Crippen molar-refractivity contribution in [3.63, 3.8) is 0 Å². The van der Waals surface area contributed by atoms with Gasteiger partial charge in [0.15, 0.2) is 5.82 Å². The van der Waals surface area contributed by atoms with Crippen molar-refractivity contribution in [1.29, 1.82) is 0 Å². The van der Waals surface area contributed by atoms with E-state index in [1.807, 2.05) is 0 Å². The number of ether oxygens (including phenoxy) is 2. The maximum Gasteiger partial charge on any atom is 0.172 e. The molecule has 0 spiro atoms. The quantitative estimate of drug-likeness (QED) is 0.634. The van der Waals surface area contributed by atoms with E-state index in [0.29, 0.717) is 0 Å². The van der Waals surface area contributed by atoms with E-state index in [-0.39, 0.29) is 0 Å². The van der Waals surface area contributed by atoms with Crippen molar-refractivity contribution >= 4 is 43.3 Å². The fourth-order valence-corrected chi connectivity index (χ4v) is 5.99. The summed E-state index contributed by atoms with van der Waals surface area (Å²) in [7, 11) is 0. The molecule has 3 aliphatic rings. The maximum atomic E-state index is 5.59. The molecular weight excluding hydrogens is 388 g/mol. The molecule has 9 heteroatoms. The van der Waals surface area contributed by atoms with E-state index >= 15 is 0 Å². The van der Waals surface area contributed by atoms with Crippen LogP contribution in [0.5, 0.6) is 0 Å². The molecule has 0 aromatic carbocycles. The first-order chi connectivity index (χ1) is 14.4. The molecule has 152 valence electrons. The monoisotopic (exact) mass is 412 g/mol. The predicted molar refractivity (Wildman–Crippen MR) is 113 cm³/mol. The van der Waals surface area contributed by atoms with Crippen molar-refractivity contribution in [2.45, 2.75) is 25.7 Å². The van der Waals surface area contributed by atoms with Gasteiger partial charge in [0.1, 0.15) is 16.0 Å². The molecule has 0 N–H and O–H groups in total. The van der Waals surface area contributed by atoms with E-state index in [2.05, 4.69) is 25.2 Å². The molecule has 29 heavy (non-hydrogen) atoms. The second kappa shape index (κ2) is 7.30. The van der Waals surface area contributed by atoms with Crippen LogP contribution in [0.4, 0.5) is 11.6 Å². The van der Waals surface area contributed by atoms with Gasteiger partial charge in [-0.1, -0.05) is 0 Å². The third kappa shape index (κ3) is 2.94. The summed E-state index contributed by atoms with van der Waals surface area (Å²) < 4.78 is 13.5. The third-order valence-corrected chi connectivity index (χ3v) is 7.35. The Morgan fingerprint density at radius 2 is 1.45 bits per heavy atom. The van der Waals surface area contributed by atoms with Crippen LogP contribution in [0, 0.1) is 0 Å². The first-order valence-electron chi connectivity index (χ1n) is 10.5. The summed E-state index contributed by atoms with van der Waals surface area (Å²) in [5.41, 5.74) is 3.62. The van der Waals surface area contributed by atoms with E-state index in [1.165, 1.54) is 34.2 Å². The molecule has 6 rings (SSSR count). The van der Waals surface area contributed by atoms with Crippen molar-refractivity contribution in [2.24, 2.45) is 0 Å². The summed E-state index contributed by atoms with van der Waals surface area (Å²) in [6, 6.07) is 0. The number of nitrogens with zero attached hydrogens (tertiary/aromatic N) is 6. The van der Waals surface area contributed by atoms with Crippen LogP contribution in [0.2, 0.25) is 0 Å². The number of fused-ring (bicyclic) bond motifs is 5. The molecule has 3 aromatic rings. The first kappa shape index (κ1) is 17.7. The maximum absolute atomic E-state index is 5.59. The summed E-state index contributed by atoms with van der Waals surface area (Å²) >= 11 is 1.78. The van der Waals surface area contributed by atoms with Gasteiger partial charge in [-0.25, -0.2) is 4.98 Å². The van der Waals surface area contributed by atoms with E-state index in [1.54, 1.807) is 11.3 Å². The number of aromatic nitrogens is 4. The first-order valence-corrected chi connectivity index (χ1v) is 11.3. The number of aryl methyl sites for hydroxylation is 2. The lowest BCUT2D eigenvalue weighted by atomic mass is 9.93. The van der Waals surface area contributed by atoms with Gasteiger partial charge in [0, 0.05) is 37.3 Å². The Morgan fingerprint density at radius 3 is 2.21 bits per heavy atom. The van der Waals surface area contributed by atoms with Crippen LogP contribution >= 0.6 is 11.3 Å². The smallest absolute Gasteiger partial charge is 0.172 e. The lowest BCUT2D eigenvalue weighted by Gasteiger charge is -2.29. The van der Waals surface area contributed by atoms with E-state index in [9.17, 15) is 0 Å². The molecule has 0 bridgehead atoms. The zero-order chi connectivity index (χ0) is 19.2. The molecular formula is C20H24N6O2S. The van der Waals surface area contributed by atoms with Crippen LogP contribution in [-0.4, -0.2) is 73.0 Å². The summed E-state index contributed by atoms with van der Waals surface area (Å²) in [5, 5.41) is 14.4. The van der Waals surface area contributed by atoms with Crippen molar-refractivity contribution in [1.82, 2.24) is 20.4 Å². The standard InChI is InChI=1S/C20H24N6O2S/c1-2-4-14-13(3-1)15-16-18(20(23-24-22-16)26-7-11-28-12-8-26)29-17(15)19(21-14)25-5-9-27-10-6-25/h1-12H2. The van der Waals surface area contributed by atoms with E-state index < -0.39 is 0 Å². The Morgan fingerprint density at radius 1 is 0.759 bits per heavy atom. The molecule has 0 saturated carbocycles. The van der Waals surface area contributed by atoms with Gasteiger partial charge in [-0.3, -0.25) is 0 Å². The van der Waals surface area contributed by atoms with Gasteiger partial charge < -0.3 is 19.3 Å². The van der Waals surface area contributed by atoms with Gasteiger partial charge in [-0.2, -0.15) is 0 Å². The zero-order valence-electron chi connectivity index (χ0n) is 16.4. The van der Waals surface area contributed by atoms with Crippen LogP contribution in [-0.2, 0) is 22.3 Å². The van der Waals surface area contributed by atoms with Crippen LogP contribution in [0.15, 0.2) is 0 Å².